The molecule has 0 aromatic heterocycles. The van der Waals surface area contributed by atoms with E-state index in [0.717, 1.165) is 11.1 Å². The van der Waals surface area contributed by atoms with Crippen molar-refractivity contribution in [1.29, 1.82) is 0 Å². The highest BCUT2D eigenvalue weighted by molar-refractivity contribution is 6.32. The number of rotatable bonds is 2. The SMILES string of the molecule is Cc1ccc(C2=N/C(=C\c3cc4c(cc3Cl)OCO4)C(=O)O2)cc1. The van der Waals surface area contributed by atoms with E-state index in [1.54, 1.807) is 18.2 Å². The molecular weight excluding hydrogens is 330 g/mol. The minimum absolute atomic E-state index is 0.156. The molecule has 5 nitrogen and oxygen atoms in total. The van der Waals surface area contributed by atoms with Crippen molar-refractivity contribution in [3.63, 3.8) is 0 Å². The number of esters is 1. The van der Waals surface area contributed by atoms with Crippen molar-refractivity contribution in [3.05, 3.63) is 63.8 Å². The molecule has 2 aliphatic rings. The van der Waals surface area contributed by atoms with Gasteiger partial charge in [-0.2, -0.15) is 0 Å². The first-order valence-electron chi connectivity index (χ1n) is 7.29. The van der Waals surface area contributed by atoms with Crippen LogP contribution in [0, 0.1) is 6.92 Å². The standard InChI is InChI=1S/C18H12ClNO4/c1-10-2-4-11(5-3-10)17-20-14(18(21)24-17)6-12-7-15-16(8-13(12)19)23-9-22-15/h2-8H,9H2,1H3/b14-6-. The summed E-state index contributed by atoms with van der Waals surface area (Å²) in [6.45, 7) is 2.14. The quantitative estimate of drug-likeness (QED) is 0.617. The number of aliphatic imine (C=N–C) groups is 1. The summed E-state index contributed by atoms with van der Waals surface area (Å²) in [6.07, 6.45) is 1.58. The molecule has 0 aliphatic carbocycles. The molecule has 0 atom stereocenters. The molecule has 2 aliphatic heterocycles. The van der Waals surface area contributed by atoms with Crippen LogP contribution in [0.5, 0.6) is 11.5 Å². The summed E-state index contributed by atoms with van der Waals surface area (Å²) in [6, 6.07) is 10.9. The van der Waals surface area contributed by atoms with Gasteiger partial charge in [-0.25, -0.2) is 9.79 Å². The van der Waals surface area contributed by atoms with Crippen LogP contribution in [-0.4, -0.2) is 18.7 Å². The van der Waals surface area contributed by atoms with Gasteiger partial charge in [-0.15, -0.1) is 0 Å². The number of hydrogen-bond donors (Lipinski definition) is 0. The Labute approximate surface area is 143 Å². The van der Waals surface area contributed by atoms with Gasteiger partial charge in [0.05, 0.1) is 5.02 Å². The van der Waals surface area contributed by atoms with Crippen molar-refractivity contribution in [2.75, 3.05) is 6.79 Å². The number of carbonyl (C=O) groups excluding carboxylic acids is 1. The molecule has 0 fully saturated rings. The third-order valence-corrected chi connectivity index (χ3v) is 4.03. The van der Waals surface area contributed by atoms with E-state index in [1.807, 2.05) is 31.2 Å². The summed E-state index contributed by atoms with van der Waals surface area (Å²) in [4.78, 5) is 16.3. The molecular formula is C18H12ClNO4. The second-order valence-electron chi connectivity index (χ2n) is 5.43. The summed E-state index contributed by atoms with van der Waals surface area (Å²) in [5.74, 6) is 0.933. The van der Waals surface area contributed by atoms with E-state index in [9.17, 15) is 4.79 Å². The predicted octanol–water partition coefficient (Wildman–Crippen LogP) is 3.72. The zero-order chi connectivity index (χ0) is 16.7. The van der Waals surface area contributed by atoms with Gasteiger partial charge in [0.15, 0.2) is 17.2 Å². The third kappa shape index (κ3) is 2.63. The maximum Gasteiger partial charge on any atom is 0.363 e. The van der Waals surface area contributed by atoms with Gasteiger partial charge in [-0.1, -0.05) is 29.3 Å². The fraction of sp³-hybridized carbons (Fsp3) is 0.111. The Bertz CT molecular complexity index is 900. The van der Waals surface area contributed by atoms with Crippen LogP contribution < -0.4 is 9.47 Å². The number of carbonyl (C=O) groups is 1. The highest BCUT2D eigenvalue weighted by Gasteiger charge is 2.25. The Hall–Kier alpha value is -2.79. The van der Waals surface area contributed by atoms with Gasteiger partial charge in [0.25, 0.3) is 0 Å². The van der Waals surface area contributed by atoms with Gasteiger partial charge < -0.3 is 14.2 Å². The summed E-state index contributed by atoms with van der Waals surface area (Å²) in [5, 5.41) is 0.443. The van der Waals surface area contributed by atoms with Crippen LogP contribution in [0.4, 0.5) is 0 Å². The van der Waals surface area contributed by atoms with Crippen LogP contribution in [-0.2, 0) is 9.53 Å². The number of halogens is 1. The van der Waals surface area contributed by atoms with Crippen LogP contribution in [0.1, 0.15) is 16.7 Å². The van der Waals surface area contributed by atoms with Crippen LogP contribution in [0.25, 0.3) is 6.08 Å². The molecule has 0 bridgehead atoms. The minimum Gasteiger partial charge on any atom is -0.454 e. The van der Waals surface area contributed by atoms with Gasteiger partial charge in [0.1, 0.15) is 0 Å². The zero-order valence-corrected chi connectivity index (χ0v) is 13.5. The van der Waals surface area contributed by atoms with Crippen LogP contribution in [0.3, 0.4) is 0 Å². The lowest BCUT2D eigenvalue weighted by Crippen LogP contribution is -2.05. The number of nitrogens with zero attached hydrogens (tertiary/aromatic N) is 1. The van der Waals surface area contributed by atoms with E-state index in [4.69, 9.17) is 25.8 Å². The largest absolute Gasteiger partial charge is 0.454 e. The van der Waals surface area contributed by atoms with Crippen LogP contribution in [0.2, 0.25) is 5.02 Å². The highest BCUT2D eigenvalue weighted by Crippen LogP contribution is 2.37. The van der Waals surface area contributed by atoms with Crippen molar-refractivity contribution in [1.82, 2.24) is 0 Å². The van der Waals surface area contributed by atoms with Crippen molar-refractivity contribution >= 4 is 29.5 Å². The van der Waals surface area contributed by atoms with E-state index in [-0.39, 0.29) is 18.4 Å². The van der Waals surface area contributed by atoms with E-state index >= 15 is 0 Å². The monoisotopic (exact) mass is 341 g/mol. The fourth-order valence-corrected chi connectivity index (χ4v) is 2.63. The van der Waals surface area contributed by atoms with Gasteiger partial charge in [-0.05, 0) is 36.8 Å². The molecule has 120 valence electrons. The van der Waals surface area contributed by atoms with Crippen LogP contribution >= 0.6 is 11.6 Å². The van der Waals surface area contributed by atoms with Gasteiger partial charge in [0, 0.05) is 11.6 Å². The molecule has 24 heavy (non-hydrogen) atoms. The molecule has 0 saturated heterocycles. The highest BCUT2D eigenvalue weighted by atomic mass is 35.5. The van der Waals surface area contributed by atoms with E-state index in [0.29, 0.717) is 22.1 Å². The Morgan fingerprint density at radius 2 is 1.83 bits per heavy atom. The number of cyclic esters (lactones) is 1. The molecule has 0 spiro atoms. The predicted molar refractivity (Wildman–Crippen MR) is 89.4 cm³/mol. The zero-order valence-electron chi connectivity index (χ0n) is 12.7. The van der Waals surface area contributed by atoms with Gasteiger partial charge in [-0.3, -0.25) is 0 Å². The molecule has 0 N–H and O–H groups in total. The number of fused-ring (bicyclic) bond motifs is 1. The summed E-state index contributed by atoms with van der Waals surface area (Å²) in [5.41, 5.74) is 2.66. The second kappa shape index (κ2) is 5.69. The summed E-state index contributed by atoms with van der Waals surface area (Å²) >= 11 is 6.22. The average molecular weight is 342 g/mol. The van der Waals surface area contributed by atoms with E-state index in [2.05, 4.69) is 4.99 Å². The Balaban J connectivity index is 1.70. The Kier molecular flexibility index (Phi) is 3.50. The molecule has 0 saturated carbocycles. The van der Waals surface area contributed by atoms with E-state index < -0.39 is 5.97 Å². The lowest BCUT2D eigenvalue weighted by molar-refractivity contribution is -0.129. The second-order valence-corrected chi connectivity index (χ2v) is 5.84. The maximum absolute atomic E-state index is 12.1. The summed E-state index contributed by atoms with van der Waals surface area (Å²) in [7, 11) is 0. The van der Waals surface area contributed by atoms with Crippen molar-refractivity contribution in [3.8, 4) is 11.5 Å². The molecule has 2 aromatic carbocycles. The molecule has 6 heteroatoms. The lowest BCUT2D eigenvalue weighted by Gasteiger charge is -2.01. The average Bonchev–Trinajstić information content (AvgIpc) is 3.15. The fourth-order valence-electron chi connectivity index (χ4n) is 2.42. The van der Waals surface area contributed by atoms with Gasteiger partial charge >= 0.3 is 5.97 Å². The number of benzene rings is 2. The molecule has 2 aromatic rings. The Morgan fingerprint density at radius 1 is 1.12 bits per heavy atom. The first-order valence-corrected chi connectivity index (χ1v) is 7.67. The normalized spacial score (nSPS) is 17.2. The van der Waals surface area contributed by atoms with Gasteiger partial charge in [0.2, 0.25) is 12.7 Å². The molecule has 0 radical (unpaired) electrons. The van der Waals surface area contributed by atoms with E-state index in [1.165, 1.54) is 0 Å². The maximum atomic E-state index is 12.1. The topological polar surface area (TPSA) is 57.1 Å². The first-order chi connectivity index (χ1) is 11.6. The number of ether oxygens (including phenoxy) is 3. The number of hydrogen-bond acceptors (Lipinski definition) is 5. The first kappa shape index (κ1) is 14.8. The van der Waals surface area contributed by atoms with Crippen molar-refractivity contribution < 1.29 is 19.0 Å². The molecule has 0 unspecified atom stereocenters. The molecule has 0 amide bonds. The molecule has 2 heterocycles. The lowest BCUT2D eigenvalue weighted by atomic mass is 10.1. The number of aryl methyl sites for hydroxylation is 1. The summed E-state index contributed by atoms with van der Waals surface area (Å²) < 4.78 is 15.8. The minimum atomic E-state index is -0.515. The van der Waals surface area contributed by atoms with Crippen molar-refractivity contribution in [2.45, 2.75) is 6.92 Å². The third-order valence-electron chi connectivity index (χ3n) is 3.70. The Morgan fingerprint density at radius 3 is 2.58 bits per heavy atom. The smallest absolute Gasteiger partial charge is 0.363 e. The van der Waals surface area contributed by atoms with Crippen LogP contribution in [0.15, 0.2) is 47.1 Å². The van der Waals surface area contributed by atoms with Crippen molar-refractivity contribution in [2.24, 2.45) is 4.99 Å². The molecule has 4 rings (SSSR count).